The summed E-state index contributed by atoms with van der Waals surface area (Å²) >= 11 is 17.6. The third kappa shape index (κ3) is 4.53. The first kappa shape index (κ1) is 16.0. The van der Waals surface area contributed by atoms with E-state index in [9.17, 15) is 4.79 Å². The topological polar surface area (TPSA) is 38.3 Å². The maximum Gasteiger partial charge on any atom is 0.262 e. The average molecular weight is 345 g/mol. The predicted molar refractivity (Wildman–Crippen MR) is 86.8 cm³/mol. The Labute approximate surface area is 137 Å². The molecular formula is C15H12Cl3NO2. The minimum Gasteiger partial charge on any atom is -0.484 e. The first-order chi connectivity index (χ1) is 9.95. The van der Waals surface area contributed by atoms with Crippen LogP contribution < -0.4 is 10.1 Å². The molecule has 1 N–H and O–H groups in total. The van der Waals surface area contributed by atoms with Gasteiger partial charge in [-0.3, -0.25) is 4.79 Å². The van der Waals surface area contributed by atoms with Crippen LogP contribution in [-0.4, -0.2) is 12.5 Å². The summed E-state index contributed by atoms with van der Waals surface area (Å²) in [5, 5.41) is 4.11. The predicted octanol–water partition coefficient (Wildman–Crippen LogP) is 4.97. The standard InChI is InChI=1S/C15H12Cl3NO2/c1-9-2-3-10(16)6-14(9)19-15(20)8-21-11-4-5-12(17)13(18)7-11/h2-7H,8H2,1H3,(H,19,20). The maximum absolute atomic E-state index is 11.9. The van der Waals surface area contributed by atoms with Crippen molar-refractivity contribution in [2.24, 2.45) is 0 Å². The van der Waals surface area contributed by atoms with E-state index in [4.69, 9.17) is 39.5 Å². The minimum absolute atomic E-state index is 0.135. The SMILES string of the molecule is Cc1ccc(Cl)cc1NC(=O)COc1ccc(Cl)c(Cl)c1. The Morgan fingerprint density at radius 2 is 1.86 bits per heavy atom. The number of halogens is 3. The van der Waals surface area contributed by atoms with Crippen LogP contribution >= 0.6 is 34.8 Å². The first-order valence-electron chi connectivity index (χ1n) is 6.09. The van der Waals surface area contributed by atoms with Crippen molar-refractivity contribution in [2.75, 3.05) is 11.9 Å². The summed E-state index contributed by atoms with van der Waals surface area (Å²) in [6.07, 6.45) is 0. The summed E-state index contributed by atoms with van der Waals surface area (Å²) < 4.78 is 5.36. The van der Waals surface area contributed by atoms with Crippen LogP contribution in [0.4, 0.5) is 5.69 Å². The number of amides is 1. The van der Waals surface area contributed by atoms with Crippen molar-refractivity contribution >= 4 is 46.4 Å². The largest absolute Gasteiger partial charge is 0.484 e. The number of nitrogens with one attached hydrogen (secondary N) is 1. The number of rotatable bonds is 4. The summed E-state index contributed by atoms with van der Waals surface area (Å²) in [6.45, 7) is 1.75. The molecule has 3 nitrogen and oxygen atoms in total. The number of carbonyl (C=O) groups excluding carboxylic acids is 1. The highest BCUT2D eigenvalue weighted by Crippen LogP contribution is 2.26. The molecule has 2 aromatic carbocycles. The summed E-state index contributed by atoms with van der Waals surface area (Å²) in [5.74, 6) is 0.189. The van der Waals surface area contributed by atoms with Crippen LogP contribution in [0, 0.1) is 6.92 Å². The molecule has 0 fully saturated rings. The molecule has 0 aliphatic rings. The number of aryl methyl sites for hydroxylation is 1. The molecule has 0 atom stereocenters. The molecule has 2 rings (SSSR count). The van der Waals surface area contributed by atoms with Crippen LogP contribution in [0.5, 0.6) is 5.75 Å². The molecule has 1 amide bonds. The fraction of sp³-hybridized carbons (Fsp3) is 0.133. The molecule has 0 saturated carbocycles. The highest BCUT2D eigenvalue weighted by atomic mass is 35.5. The molecule has 0 radical (unpaired) electrons. The number of benzene rings is 2. The second-order valence-corrected chi connectivity index (χ2v) is 5.62. The average Bonchev–Trinajstić information content (AvgIpc) is 2.44. The zero-order valence-electron chi connectivity index (χ0n) is 11.1. The van der Waals surface area contributed by atoms with Gasteiger partial charge >= 0.3 is 0 Å². The number of hydrogen-bond donors (Lipinski definition) is 1. The Morgan fingerprint density at radius 1 is 1.10 bits per heavy atom. The van der Waals surface area contributed by atoms with Crippen molar-refractivity contribution in [3.05, 3.63) is 57.0 Å². The molecular weight excluding hydrogens is 333 g/mol. The summed E-state index contributed by atoms with van der Waals surface area (Å²) in [4.78, 5) is 11.9. The molecule has 0 spiro atoms. The molecule has 0 aliphatic heterocycles. The van der Waals surface area contributed by atoms with E-state index in [-0.39, 0.29) is 12.5 Å². The van der Waals surface area contributed by atoms with E-state index >= 15 is 0 Å². The lowest BCUT2D eigenvalue weighted by atomic mass is 10.2. The molecule has 0 aromatic heterocycles. The molecule has 0 aliphatic carbocycles. The van der Waals surface area contributed by atoms with E-state index in [1.54, 1.807) is 30.3 Å². The van der Waals surface area contributed by atoms with Gasteiger partial charge in [-0.05, 0) is 36.8 Å². The molecule has 0 unspecified atom stereocenters. The smallest absolute Gasteiger partial charge is 0.262 e. The Balaban J connectivity index is 1.95. The van der Waals surface area contributed by atoms with Gasteiger partial charge in [0.2, 0.25) is 0 Å². The van der Waals surface area contributed by atoms with Crippen LogP contribution in [-0.2, 0) is 4.79 Å². The van der Waals surface area contributed by atoms with Gasteiger partial charge in [-0.15, -0.1) is 0 Å². The summed E-state index contributed by atoms with van der Waals surface area (Å²) in [6, 6.07) is 10.1. The number of ether oxygens (including phenoxy) is 1. The molecule has 110 valence electrons. The summed E-state index contributed by atoms with van der Waals surface area (Å²) in [5.41, 5.74) is 1.58. The lowest BCUT2D eigenvalue weighted by Crippen LogP contribution is -2.20. The van der Waals surface area contributed by atoms with Gasteiger partial charge < -0.3 is 10.1 Å². The van der Waals surface area contributed by atoms with Gasteiger partial charge in [-0.2, -0.15) is 0 Å². The lowest BCUT2D eigenvalue weighted by molar-refractivity contribution is -0.118. The normalized spacial score (nSPS) is 10.3. The van der Waals surface area contributed by atoms with E-state index in [1.165, 1.54) is 0 Å². The molecule has 0 saturated heterocycles. The van der Waals surface area contributed by atoms with E-state index in [2.05, 4.69) is 5.32 Å². The maximum atomic E-state index is 11.9. The van der Waals surface area contributed by atoms with Crippen molar-refractivity contribution in [2.45, 2.75) is 6.92 Å². The molecule has 0 heterocycles. The molecule has 6 heteroatoms. The minimum atomic E-state index is -0.286. The van der Waals surface area contributed by atoms with Crippen molar-refractivity contribution in [1.29, 1.82) is 0 Å². The van der Waals surface area contributed by atoms with Crippen molar-refractivity contribution < 1.29 is 9.53 Å². The molecule has 2 aromatic rings. The van der Waals surface area contributed by atoms with E-state index in [0.29, 0.717) is 26.5 Å². The fourth-order valence-corrected chi connectivity index (χ4v) is 2.09. The van der Waals surface area contributed by atoms with Gasteiger partial charge in [0.1, 0.15) is 5.75 Å². The Hall–Kier alpha value is -1.42. The quantitative estimate of drug-likeness (QED) is 0.850. The van der Waals surface area contributed by atoms with Crippen LogP contribution in [0.25, 0.3) is 0 Å². The van der Waals surface area contributed by atoms with Crippen LogP contribution in [0.1, 0.15) is 5.56 Å². The number of hydrogen-bond acceptors (Lipinski definition) is 2. The van der Waals surface area contributed by atoms with Crippen molar-refractivity contribution in [3.63, 3.8) is 0 Å². The Morgan fingerprint density at radius 3 is 2.57 bits per heavy atom. The Bertz CT molecular complexity index is 674. The third-order valence-corrected chi connectivity index (χ3v) is 3.71. The van der Waals surface area contributed by atoms with Gasteiger partial charge in [0.25, 0.3) is 5.91 Å². The Kier molecular flexibility index (Phi) is 5.34. The highest BCUT2D eigenvalue weighted by molar-refractivity contribution is 6.42. The zero-order valence-corrected chi connectivity index (χ0v) is 13.4. The molecule has 21 heavy (non-hydrogen) atoms. The van der Waals surface area contributed by atoms with Gasteiger partial charge in [0.15, 0.2) is 6.61 Å². The van der Waals surface area contributed by atoms with Crippen molar-refractivity contribution in [1.82, 2.24) is 0 Å². The van der Waals surface area contributed by atoms with Crippen LogP contribution in [0.15, 0.2) is 36.4 Å². The van der Waals surface area contributed by atoms with E-state index < -0.39 is 0 Å². The lowest BCUT2D eigenvalue weighted by Gasteiger charge is -2.10. The third-order valence-electron chi connectivity index (χ3n) is 2.73. The van der Waals surface area contributed by atoms with Crippen LogP contribution in [0.3, 0.4) is 0 Å². The van der Waals surface area contributed by atoms with Crippen LogP contribution in [0.2, 0.25) is 15.1 Å². The van der Waals surface area contributed by atoms with Gasteiger partial charge in [0, 0.05) is 16.8 Å². The second-order valence-electron chi connectivity index (χ2n) is 4.37. The fourth-order valence-electron chi connectivity index (χ4n) is 1.63. The van der Waals surface area contributed by atoms with Gasteiger partial charge in [-0.25, -0.2) is 0 Å². The van der Waals surface area contributed by atoms with E-state index in [0.717, 1.165) is 5.56 Å². The highest BCUT2D eigenvalue weighted by Gasteiger charge is 2.07. The first-order valence-corrected chi connectivity index (χ1v) is 7.23. The zero-order chi connectivity index (χ0) is 15.4. The number of anilines is 1. The molecule has 0 bridgehead atoms. The van der Waals surface area contributed by atoms with Gasteiger partial charge in [0.05, 0.1) is 10.0 Å². The van der Waals surface area contributed by atoms with Crippen molar-refractivity contribution in [3.8, 4) is 5.75 Å². The monoisotopic (exact) mass is 343 g/mol. The summed E-state index contributed by atoms with van der Waals surface area (Å²) in [7, 11) is 0. The van der Waals surface area contributed by atoms with E-state index in [1.807, 2.05) is 13.0 Å². The second kappa shape index (κ2) is 7.03. The number of carbonyl (C=O) groups is 1. The van der Waals surface area contributed by atoms with Gasteiger partial charge in [-0.1, -0.05) is 40.9 Å².